The molecule has 6 atom stereocenters. The number of hydrogen-bond acceptors (Lipinski definition) is 4. The zero-order chi connectivity index (χ0) is 20.2. The molecule has 3 rings (SSSR count). The van der Waals surface area contributed by atoms with Gasteiger partial charge >= 0.3 is 5.97 Å². The summed E-state index contributed by atoms with van der Waals surface area (Å²) in [7, 11) is 0. The van der Waals surface area contributed by atoms with E-state index < -0.39 is 23.2 Å². The maximum atomic E-state index is 13.2. The van der Waals surface area contributed by atoms with E-state index >= 15 is 0 Å². The minimum atomic E-state index is -0.843. The molecule has 0 heterocycles. The molecule has 0 spiro atoms. The van der Waals surface area contributed by atoms with Crippen LogP contribution in [0.1, 0.15) is 54.0 Å². The molecule has 2 saturated carbocycles. The molecule has 2 aliphatic carbocycles. The molecule has 27 heavy (non-hydrogen) atoms. The Morgan fingerprint density at radius 1 is 1.11 bits per heavy atom. The monoisotopic (exact) mass is 374 g/mol. The third-order valence-electron chi connectivity index (χ3n) is 6.17. The SMILES string of the molecule is CC(C)(C)OC(=O)[C@@]1(C)[C@H]2[C@@H]([C@H](O)[C@H]1OCc1ccccc1)[C@@H]2C(C)(C)C. The van der Waals surface area contributed by atoms with E-state index in [4.69, 9.17) is 9.47 Å². The number of fused-ring (bicyclic) bond motifs is 1. The van der Waals surface area contributed by atoms with E-state index in [9.17, 15) is 9.90 Å². The molecular formula is C23H34O4. The highest BCUT2D eigenvalue weighted by Gasteiger charge is 2.77. The van der Waals surface area contributed by atoms with Crippen molar-refractivity contribution in [1.29, 1.82) is 0 Å². The summed E-state index contributed by atoms with van der Waals surface area (Å²) < 4.78 is 11.9. The van der Waals surface area contributed by atoms with Crippen molar-refractivity contribution < 1.29 is 19.4 Å². The fraction of sp³-hybridized carbons (Fsp3) is 0.696. The molecule has 0 aromatic heterocycles. The van der Waals surface area contributed by atoms with Gasteiger partial charge in [-0.25, -0.2) is 0 Å². The number of aliphatic hydroxyl groups is 1. The van der Waals surface area contributed by atoms with Crippen molar-refractivity contribution >= 4 is 5.97 Å². The molecule has 2 aliphatic rings. The molecule has 1 aromatic rings. The summed E-state index contributed by atoms with van der Waals surface area (Å²) >= 11 is 0. The Kier molecular flexibility index (Phi) is 4.97. The lowest BCUT2D eigenvalue weighted by Gasteiger charge is -2.38. The van der Waals surface area contributed by atoms with E-state index in [1.807, 2.05) is 58.0 Å². The summed E-state index contributed by atoms with van der Waals surface area (Å²) in [6, 6.07) is 9.87. The van der Waals surface area contributed by atoms with Gasteiger partial charge in [0.1, 0.15) is 11.7 Å². The van der Waals surface area contributed by atoms with E-state index in [0.717, 1.165) is 5.56 Å². The van der Waals surface area contributed by atoms with Crippen LogP contribution >= 0.6 is 0 Å². The number of rotatable bonds is 4. The second-order valence-corrected chi connectivity index (χ2v) is 10.5. The van der Waals surface area contributed by atoms with Gasteiger partial charge in [0, 0.05) is 0 Å². The Labute approximate surface area is 163 Å². The Balaban J connectivity index is 1.86. The predicted molar refractivity (Wildman–Crippen MR) is 105 cm³/mol. The Bertz CT molecular complexity index is 685. The van der Waals surface area contributed by atoms with E-state index in [-0.39, 0.29) is 23.2 Å². The fourth-order valence-electron chi connectivity index (χ4n) is 5.07. The Hall–Kier alpha value is -1.39. The van der Waals surface area contributed by atoms with Crippen LogP contribution in [0.5, 0.6) is 0 Å². The van der Waals surface area contributed by atoms with Gasteiger partial charge < -0.3 is 14.6 Å². The van der Waals surface area contributed by atoms with Crippen molar-refractivity contribution in [3.05, 3.63) is 35.9 Å². The van der Waals surface area contributed by atoms with Gasteiger partial charge in [0.15, 0.2) is 0 Å². The van der Waals surface area contributed by atoms with Gasteiger partial charge in [-0.2, -0.15) is 0 Å². The molecular weight excluding hydrogens is 340 g/mol. The summed E-state index contributed by atoms with van der Waals surface area (Å²) in [5, 5.41) is 11.1. The molecule has 1 aromatic carbocycles. The Morgan fingerprint density at radius 3 is 2.22 bits per heavy atom. The average molecular weight is 375 g/mol. The van der Waals surface area contributed by atoms with Crippen LogP contribution in [0.15, 0.2) is 30.3 Å². The van der Waals surface area contributed by atoms with E-state index in [1.165, 1.54) is 0 Å². The van der Waals surface area contributed by atoms with E-state index in [0.29, 0.717) is 12.5 Å². The Morgan fingerprint density at radius 2 is 1.70 bits per heavy atom. The van der Waals surface area contributed by atoms with Crippen molar-refractivity contribution in [3.8, 4) is 0 Å². The number of ether oxygens (including phenoxy) is 2. The molecule has 150 valence electrons. The second kappa shape index (κ2) is 6.59. The van der Waals surface area contributed by atoms with Crippen LogP contribution in [-0.4, -0.2) is 28.9 Å². The van der Waals surface area contributed by atoms with Crippen LogP contribution < -0.4 is 0 Å². The van der Waals surface area contributed by atoms with Gasteiger partial charge in [0.25, 0.3) is 0 Å². The lowest BCUT2D eigenvalue weighted by atomic mass is 9.74. The third-order valence-corrected chi connectivity index (χ3v) is 6.17. The summed E-state index contributed by atoms with van der Waals surface area (Å²) in [6.45, 7) is 14.5. The number of carbonyl (C=O) groups is 1. The van der Waals surface area contributed by atoms with Gasteiger partial charge in [-0.05, 0) is 56.4 Å². The summed E-state index contributed by atoms with van der Waals surface area (Å²) in [6.07, 6.45) is -1.21. The average Bonchev–Trinajstić information content (AvgIpc) is 3.25. The summed E-state index contributed by atoms with van der Waals surface area (Å²) in [5.41, 5.74) is -0.350. The molecule has 0 amide bonds. The van der Waals surface area contributed by atoms with Crippen molar-refractivity contribution in [3.63, 3.8) is 0 Å². The number of hydrogen-bond donors (Lipinski definition) is 1. The zero-order valence-corrected chi connectivity index (χ0v) is 17.7. The first-order valence-electron chi connectivity index (χ1n) is 9.94. The number of esters is 1. The van der Waals surface area contributed by atoms with Crippen molar-refractivity contribution in [2.24, 2.45) is 28.6 Å². The van der Waals surface area contributed by atoms with Crippen LogP contribution in [0, 0.1) is 28.6 Å². The third kappa shape index (κ3) is 3.66. The molecule has 2 fully saturated rings. The molecule has 1 N–H and O–H groups in total. The first-order valence-corrected chi connectivity index (χ1v) is 9.94. The number of carbonyl (C=O) groups excluding carboxylic acids is 1. The van der Waals surface area contributed by atoms with Crippen LogP contribution in [-0.2, 0) is 20.9 Å². The number of benzene rings is 1. The first-order chi connectivity index (χ1) is 12.4. The summed E-state index contributed by atoms with van der Waals surface area (Å²) in [4.78, 5) is 13.2. The van der Waals surface area contributed by atoms with Crippen molar-refractivity contribution in [2.45, 2.75) is 72.9 Å². The smallest absolute Gasteiger partial charge is 0.315 e. The summed E-state index contributed by atoms with van der Waals surface area (Å²) in [5.74, 6) is 0.208. The van der Waals surface area contributed by atoms with Crippen LogP contribution in [0.3, 0.4) is 0 Å². The minimum Gasteiger partial charge on any atom is -0.459 e. The van der Waals surface area contributed by atoms with E-state index in [1.54, 1.807) is 0 Å². The van der Waals surface area contributed by atoms with Gasteiger partial charge in [0.05, 0.1) is 18.1 Å². The molecule has 0 unspecified atom stereocenters. The second-order valence-electron chi connectivity index (χ2n) is 10.5. The fourth-order valence-corrected chi connectivity index (χ4v) is 5.07. The molecule has 4 nitrogen and oxygen atoms in total. The quantitative estimate of drug-likeness (QED) is 0.803. The van der Waals surface area contributed by atoms with Crippen LogP contribution in [0.2, 0.25) is 0 Å². The normalized spacial score (nSPS) is 35.6. The maximum absolute atomic E-state index is 13.2. The molecule has 0 radical (unpaired) electrons. The van der Waals surface area contributed by atoms with Crippen molar-refractivity contribution in [2.75, 3.05) is 0 Å². The van der Waals surface area contributed by atoms with Gasteiger partial charge in [-0.3, -0.25) is 4.79 Å². The maximum Gasteiger partial charge on any atom is 0.315 e. The molecule has 4 heteroatoms. The molecule has 0 bridgehead atoms. The highest BCUT2D eigenvalue weighted by atomic mass is 16.6. The van der Waals surface area contributed by atoms with Crippen molar-refractivity contribution in [1.82, 2.24) is 0 Å². The van der Waals surface area contributed by atoms with Crippen LogP contribution in [0.25, 0.3) is 0 Å². The highest BCUT2D eigenvalue weighted by Crippen LogP contribution is 2.71. The van der Waals surface area contributed by atoms with E-state index in [2.05, 4.69) is 20.8 Å². The lowest BCUT2D eigenvalue weighted by molar-refractivity contribution is -0.184. The standard InChI is InChI=1S/C23H34O4/c1-21(2,3)16-15-17(16)23(7,20(25)27-22(4,5)6)19(18(15)24)26-13-14-11-9-8-10-12-14/h8-12,15-19,24H,13H2,1-7H3/t15-,16-,17-,18-,19+,23-/m0/s1. The largest absolute Gasteiger partial charge is 0.459 e. The van der Waals surface area contributed by atoms with Gasteiger partial charge in [-0.1, -0.05) is 51.1 Å². The minimum absolute atomic E-state index is 0.0317. The van der Waals surface area contributed by atoms with Gasteiger partial charge in [0.2, 0.25) is 0 Å². The lowest BCUT2D eigenvalue weighted by Crippen LogP contribution is -2.49. The molecule has 0 saturated heterocycles. The van der Waals surface area contributed by atoms with Crippen LogP contribution in [0.4, 0.5) is 0 Å². The first kappa shape index (κ1) is 20.3. The highest BCUT2D eigenvalue weighted by molar-refractivity contribution is 5.80. The van der Waals surface area contributed by atoms with Gasteiger partial charge in [-0.15, -0.1) is 0 Å². The molecule has 0 aliphatic heterocycles. The topological polar surface area (TPSA) is 55.8 Å². The number of aliphatic hydroxyl groups excluding tert-OH is 1. The predicted octanol–water partition coefficient (Wildman–Crippen LogP) is 4.20. The zero-order valence-electron chi connectivity index (χ0n) is 17.7.